The third-order valence-electron chi connectivity index (χ3n) is 8.25. The zero-order valence-corrected chi connectivity index (χ0v) is 24.9. The molecule has 3 N–H and O–H groups in total. The van der Waals surface area contributed by atoms with E-state index in [9.17, 15) is 27.6 Å². The fraction of sp³-hybridized carbons (Fsp3) is 0.344. The molecule has 4 aromatic rings. The highest BCUT2D eigenvalue weighted by Gasteiger charge is 2.32. The van der Waals surface area contributed by atoms with Crippen molar-refractivity contribution in [3.8, 4) is 5.75 Å². The van der Waals surface area contributed by atoms with Crippen molar-refractivity contribution < 1.29 is 32.3 Å². The first-order valence-electron chi connectivity index (χ1n) is 14.9. The number of halogens is 3. The molecule has 0 aliphatic carbocycles. The van der Waals surface area contributed by atoms with Gasteiger partial charge < -0.3 is 15.4 Å². The van der Waals surface area contributed by atoms with Gasteiger partial charge in [0.2, 0.25) is 11.8 Å². The molecule has 4 heterocycles. The van der Waals surface area contributed by atoms with Gasteiger partial charge in [0, 0.05) is 55.6 Å². The summed E-state index contributed by atoms with van der Waals surface area (Å²) in [6, 6.07) is 13.0. The molecule has 2 fully saturated rings. The molecule has 11 nitrogen and oxygen atoms in total. The van der Waals surface area contributed by atoms with Gasteiger partial charge >= 0.3 is 6.18 Å². The fourth-order valence-electron chi connectivity index (χ4n) is 5.81. The summed E-state index contributed by atoms with van der Waals surface area (Å²) in [5.41, 5.74) is 1.92. The summed E-state index contributed by atoms with van der Waals surface area (Å²) < 4.78 is 46.0. The summed E-state index contributed by atoms with van der Waals surface area (Å²) in [5.74, 6) is -0.787. The number of anilines is 2. The lowest BCUT2D eigenvalue weighted by atomic mass is 10.0. The lowest BCUT2D eigenvalue weighted by Gasteiger charge is -2.32. The molecule has 0 bridgehead atoms. The molecule has 1 unspecified atom stereocenters. The number of carbonyl (C=O) groups is 3. The smallest absolute Gasteiger partial charge is 0.433 e. The molecule has 2 saturated heterocycles. The molecule has 2 aromatic heterocycles. The molecule has 6 rings (SSSR count). The summed E-state index contributed by atoms with van der Waals surface area (Å²) in [4.78, 5) is 42.1. The Morgan fingerprint density at radius 1 is 1.09 bits per heavy atom. The number of rotatable bonds is 8. The van der Waals surface area contributed by atoms with Gasteiger partial charge in [0.25, 0.3) is 5.91 Å². The highest BCUT2D eigenvalue weighted by Crippen LogP contribution is 2.33. The molecule has 240 valence electrons. The van der Waals surface area contributed by atoms with Crippen molar-refractivity contribution in [3.63, 3.8) is 0 Å². The second-order valence-electron chi connectivity index (χ2n) is 11.5. The molecule has 2 aromatic carbocycles. The van der Waals surface area contributed by atoms with Gasteiger partial charge in [-0.1, -0.05) is 12.1 Å². The van der Waals surface area contributed by atoms with E-state index in [1.165, 1.54) is 7.11 Å². The Morgan fingerprint density at radius 3 is 2.59 bits per heavy atom. The number of hydrogen-bond acceptors (Lipinski definition) is 8. The van der Waals surface area contributed by atoms with Gasteiger partial charge in [-0.25, -0.2) is 0 Å². The van der Waals surface area contributed by atoms with E-state index in [1.54, 1.807) is 12.1 Å². The molecule has 14 heteroatoms. The second kappa shape index (κ2) is 12.8. The Kier molecular flexibility index (Phi) is 8.63. The molecule has 2 aliphatic heterocycles. The van der Waals surface area contributed by atoms with E-state index in [2.05, 4.69) is 31.9 Å². The first-order chi connectivity index (χ1) is 22.1. The number of alkyl halides is 3. The topological polar surface area (TPSA) is 130 Å². The number of methoxy groups -OCH3 is 1. The van der Waals surface area contributed by atoms with Crippen LogP contribution in [0.5, 0.6) is 5.75 Å². The number of aromatic nitrogens is 3. The van der Waals surface area contributed by atoms with E-state index >= 15 is 0 Å². The standard InChI is InChI=1S/C32H32F3N7O4/c1-46-27-15-25-21(14-26(27)38-30(44)20-5-7-28(36-16-20)32(33,34)35)18-42(40-25)23-9-11-41(12-10-23)17-19-3-2-4-22(13-19)37-24-6-8-29(43)39-31(24)45/h2-5,7,13-16,18,23-24,37H,6,8-12,17H2,1H3,(H,38,44)(H,39,43,45). The Hall–Kier alpha value is -4.98. The molecular formula is C32H32F3N7O4. The number of ether oxygens (including phenoxy) is 1. The van der Waals surface area contributed by atoms with E-state index < -0.39 is 23.8 Å². The minimum absolute atomic E-state index is 0.0186. The third-order valence-corrected chi connectivity index (χ3v) is 8.25. The summed E-state index contributed by atoms with van der Waals surface area (Å²) in [6.07, 6.45) is 0.766. The quantitative estimate of drug-likeness (QED) is 0.236. The number of nitrogens with one attached hydrogen (secondary N) is 3. The molecule has 3 amide bonds. The number of fused-ring (bicyclic) bond motifs is 1. The van der Waals surface area contributed by atoms with Crippen LogP contribution in [0.3, 0.4) is 0 Å². The summed E-state index contributed by atoms with van der Waals surface area (Å²) in [5, 5.41) is 13.9. The van der Waals surface area contributed by atoms with Crippen LogP contribution < -0.4 is 20.7 Å². The largest absolute Gasteiger partial charge is 0.494 e. The van der Waals surface area contributed by atoms with E-state index in [0.717, 1.165) is 67.4 Å². The number of piperidine rings is 2. The Morgan fingerprint density at radius 2 is 1.89 bits per heavy atom. The van der Waals surface area contributed by atoms with Crippen molar-refractivity contribution in [1.29, 1.82) is 0 Å². The number of likely N-dealkylation sites (tertiary alicyclic amines) is 1. The predicted octanol–water partition coefficient (Wildman–Crippen LogP) is 4.77. The minimum Gasteiger partial charge on any atom is -0.494 e. The van der Waals surface area contributed by atoms with E-state index in [4.69, 9.17) is 9.84 Å². The van der Waals surface area contributed by atoms with E-state index in [0.29, 0.717) is 29.8 Å². The van der Waals surface area contributed by atoms with Crippen LogP contribution in [0.15, 0.2) is 60.9 Å². The van der Waals surface area contributed by atoms with Gasteiger partial charge in [-0.15, -0.1) is 0 Å². The van der Waals surface area contributed by atoms with Crippen molar-refractivity contribution in [2.75, 3.05) is 30.8 Å². The highest BCUT2D eigenvalue weighted by atomic mass is 19.4. The number of benzene rings is 2. The second-order valence-corrected chi connectivity index (χ2v) is 11.5. The van der Waals surface area contributed by atoms with Gasteiger partial charge in [0.05, 0.1) is 29.9 Å². The van der Waals surface area contributed by atoms with Gasteiger partial charge in [-0.2, -0.15) is 18.3 Å². The number of amides is 3. The molecular weight excluding hydrogens is 603 g/mol. The number of hydrogen-bond donors (Lipinski definition) is 3. The maximum Gasteiger partial charge on any atom is 0.433 e. The van der Waals surface area contributed by atoms with E-state index in [-0.39, 0.29) is 23.4 Å². The Balaban J connectivity index is 1.07. The van der Waals surface area contributed by atoms with Gasteiger partial charge in [-0.05, 0) is 55.2 Å². The van der Waals surface area contributed by atoms with Crippen LogP contribution in [-0.2, 0) is 22.3 Å². The van der Waals surface area contributed by atoms with Crippen LogP contribution in [0.25, 0.3) is 10.9 Å². The molecule has 1 atom stereocenters. The van der Waals surface area contributed by atoms with Crippen LogP contribution in [0.4, 0.5) is 24.5 Å². The van der Waals surface area contributed by atoms with Crippen molar-refractivity contribution in [3.05, 3.63) is 77.7 Å². The lowest BCUT2D eigenvalue weighted by molar-refractivity contribution is -0.141. The normalized spacial score (nSPS) is 18.0. The Labute approximate surface area is 262 Å². The predicted molar refractivity (Wildman–Crippen MR) is 163 cm³/mol. The van der Waals surface area contributed by atoms with Crippen molar-refractivity contribution in [1.82, 2.24) is 25.0 Å². The highest BCUT2D eigenvalue weighted by molar-refractivity contribution is 6.06. The maximum absolute atomic E-state index is 12.8. The molecule has 0 spiro atoms. The monoisotopic (exact) mass is 635 g/mol. The molecule has 46 heavy (non-hydrogen) atoms. The van der Waals surface area contributed by atoms with Crippen LogP contribution in [0, 0.1) is 0 Å². The average molecular weight is 636 g/mol. The zero-order chi connectivity index (χ0) is 32.4. The minimum atomic E-state index is -4.59. The number of imide groups is 1. The maximum atomic E-state index is 12.8. The summed E-state index contributed by atoms with van der Waals surface area (Å²) in [6.45, 7) is 2.47. The molecule has 2 aliphatic rings. The zero-order valence-electron chi connectivity index (χ0n) is 24.9. The first kappa shape index (κ1) is 31.0. The first-order valence-corrected chi connectivity index (χ1v) is 14.9. The van der Waals surface area contributed by atoms with Crippen LogP contribution in [0.2, 0.25) is 0 Å². The van der Waals surface area contributed by atoms with Crippen LogP contribution in [0.1, 0.15) is 53.3 Å². The van der Waals surface area contributed by atoms with E-state index in [1.807, 2.05) is 29.1 Å². The van der Waals surface area contributed by atoms with Crippen molar-refractivity contribution in [2.24, 2.45) is 0 Å². The van der Waals surface area contributed by atoms with Crippen LogP contribution >= 0.6 is 0 Å². The summed E-state index contributed by atoms with van der Waals surface area (Å²) in [7, 11) is 1.46. The van der Waals surface area contributed by atoms with Crippen molar-refractivity contribution >= 4 is 40.0 Å². The SMILES string of the molecule is COc1cc2nn(C3CCN(Cc4cccc(NC5CCC(=O)NC5=O)c4)CC3)cc2cc1NC(=O)c1ccc(C(F)(F)F)nc1. The van der Waals surface area contributed by atoms with Gasteiger partial charge in [0.15, 0.2) is 0 Å². The number of nitrogens with zero attached hydrogens (tertiary/aromatic N) is 4. The fourth-order valence-corrected chi connectivity index (χ4v) is 5.81. The van der Waals surface area contributed by atoms with Crippen molar-refractivity contribution in [2.45, 2.75) is 50.5 Å². The molecule has 0 radical (unpaired) electrons. The number of carbonyl (C=O) groups excluding carboxylic acids is 3. The summed E-state index contributed by atoms with van der Waals surface area (Å²) >= 11 is 0. The third kappa shape index (κ3) is 6.96. The number of pyridine rings is 1. The molecule has 0 saturated carbocycles. The van der Waals surface area contributed by atoms with Gasteiger partial charge in [-0.3, -0.25) is 34.3 Å². The van der Waals surface area contributed by atoms with Gasteiger partial charge in [0.1, 0.15) is 17.5 Å². The van der Waals surface area contributed by atoms with Crippen LogP contribution in [-0.4, -0.2) is 63.6 Å². The Bertz CT molecular complexity index is 1770. The lowest BCUT2D eigenvalue weighted by Crippen LogP contribution is -2.47. The average Bonchev–Trinajstić information content (AvgIpc) is 3.45.